The molecular weight excluding hydrogens is 211 g/mol. The standard InChI is InChI=1S/C12H9FOS/c13-11-3-1-2-9(6-11)7-12(14)10-4-5-15-8-10/h1-6,8H,7H2. The maximum absolute atomic E-state index is 12.9. The molecule has 0 aliphatic rings. The van der Waals surface area contributed by atoms with Crippen molar-refractivity contribution >= 4 is 17.1 Å². The van der Waals surface area contributed by atoms with E-state index in [4.69, 9.17) is 0 Å². The van der Waals surface area contributed by atoms with Gasteiger partial charge in [-0.1, -0.05) is 12.1 Å². The van der Waals surface area contributed by atoms with Gasteiger partial charge in [-0.3, -0.25) is 4.79 Å². The Morgan fingerprint density at radius 3 is 2.87 bits per heavy atom. The van der Waals surface area contributed by atoms with Crippen molar-refractivity contribution in [2.45, 2.75) is 6.42 Å². The lowest BCUT2D eigenvalue weighted by Gasteiger charge is -1.99. The first kappa shape index (κ1) is 10.1. The number of carbonyl (C=O) groups excluding carboxylic acids is 1. The third-order valence-corrected chi connectivity index (χ3v) is 2.78. The number of ketones is 1. The average molecular weight is 220 g/mol. The zero-order valence-electron chi connectivity index (χ0n) is 7.94. The van der Waals surface area contributed by atoms with E-state index < -0.39 is 0 Å². The normalized spacial score (nSPS) is 10.2. The Balaban J connectivity index is 2.13. The van der Waals surface area contributed by atoms with Gasteiger partial charge in [0.05, 0.1) is 0 Å². The summed E-state index contributed by atoms with van der Waals surface area (Å²) >= 11 is 1.49. The van der Waals surface area contributed by atoms with Gasteiger partial charge in [-0.25, -0.2) is 4.39 Å². The molecule has 0 unspecified atom stereocenters. The summed E-state index contributed by atoms with van der Waals surface area (Å²) < 4.78 is 12.9. The Hall–Kier alpha value is -1.48. The van der Waals surface area contributed by atoms with E-state index >= 15 is 0 Å². The molecule has 0 saturated carbocycles. The van der Waals surface area contributed by atoms with Crippen LogP contribution in [0.5, 0.6) is 0 Å². The lowest BCUT2D eigenvalue weighted by atomic mass is 10.1. The molecule has 2 aromatic rings. The number of carbonyl (C=O) groups is 1. The van der Waals surface area contributed by atoms with E-state index in [1.54, 1.807) is 18.2 Å². The van der Waals surface area contributed by atoms with Crippen molar-refractivity contribution in [1.29, 1.82) is 0 Å². The molecular formula is C12H9FOS. The molecule has 1 aromatic heterocycles. The summed E-state index contributed by atoms with van der Waals surface area (Å²) in [7, 11) is 0. The summed E-state index contributed by atoms with van der Waals surface area (Å²) in [5.41, 5.74) is 1.41. The molecule has 1 nitrogen and oxygen atoms in total. The minimum Gasteiger partial charge on any atom is -0.294 e. The summed E-state index contributed by atoms with van der Waals surface area (Å²) in [4.78, 5) is 11.7. The molecule has 15 heavy (non-hydrogen) atoms. The molecule has 0 amide bonds. The van der Waals surface area contributed by atoms with E-state index in [-0.39, 0.29) is 18.0 Å². The molecule has 0 aliphatic heterocycles. The topological polar surface area (TPSA) is 17.1 Å². The van der Waals surface area contributed by atoms with Crippen molar-refractivity contribution in [3.8, 4) is 0 Å². The van der Waals surface area contributed by atoms with Crippen molar-refractivity contribution < 1.29 is 9.18 Å². The van der Waals surface area contributed by atoms with Crippen molar-refractivity contribution in [2.24, 2.45) is 0 Å². The highest BCUT2D eigenvalue weighted by Crippen LogP contribution is 2.11. The van der Waals surface area contributed by atoms with Crippen LogP contribution in [0.2, 0.25) is 0 Å². The van der Waals surface area contributed by atoms with Crippen molar-refractivity contribution in [3.63, 3.8) is 0 Å². The lowest BCUT2D eigenvalue weighted by molar-refractivity contribution is 0.0993. The number of benzene rings is 1. The Bertz CT molecular complexity index is 462. The monoisotopic (exact) mass is 220 g/mol. The quantitative estimate of drug-likeness (QED) is 0.725. The maximum Gasteiger partial charge on any atom is 0.168 e. The van der Waals surface area contributed by atoms with Gasteiger partial charge in [-0.2, -0.15) is 11.3 Å². The van der Waals surface area contributed by atoms with Crippen molar-refractivity contribution in [2.75, 3.05) is 0 Å². The van der Waals surface area contributed by atoms with Crippen LogP contribution in [0.4, 0.5) is 4.39 Å². The largest absolute Gasteiger partial charge is 0.294 e. The fourth-order valence-electron chi connectivity index (χ4n) is 1.36. The number of rotatable bonds is 3. The smallest absolute Gasteiger partial charge is 0.168 e. The summed E-state index contributed by atoms with van der Waals surface area (Å²) in [6, 6.07) is 7.92. The molecule has 76 valence electrons. The molecule has 2 rings (SSSR count). The van der Waals surface area contributed by atoms with Crippen LogP contribution in [0, 0.1) is 5.82 Å². The van der Waals surface area contributed by atoms with Gasteiger partial charge in [-0.05, 0) is 29.1 Å². The van der Waals surface area contributed by atoms with Gasteiger partial charge in [0.1, 0.15) is 5.82 Å². The van der Waals surface area contributed by atoms with E-state index in [1.807, 2.05) is 10.8 Å². The molecule has 0 aliphatic carbocycles. The summed E-state index contributed by atoms with van der Waals surface area (Å²) in [6.45, 7) is 0. The molecule has 1 aromatic carbocycles. The number of Topliss-reactive ketones (excluding diaryl/α,β-unsaturated/α-hetero) is 1. The molecule has 0 bridgehead atoms. The molecule has 0 saturated heterocycles. The zero-order chi connectivity index (χ0) is 10.7. The van der Waals surface area contributed by atoms with Crippen molar-refractivity contribution in [1.82, 2.24) is 0 Å². The van der Waals surface area contributed by atoms with E-state index in [1.165, 1.54) is 23.5 Å². The third-order valence-electron chi connectivity index (χ3n) is 2.10. The van der Waals surface area contributed by atoms with Crippen LogP contribution in [-0.4, -0.2) is 5.78 Å². The third kappa shape index (κ3) is 2.50. The van der Waals surface area contributed by atoms with Gasteiger partial charge >= 0.3 is 0 Å². The van der Waals surface area contributed by atoms with Gasteiger partial charge in [-0.15, -0.1) is 0 Å². The molecule has 0 radical (unpaired) electrons. The SMILES string of the molecule is O=C(Cc1cccc(F)c1)c1ccsc1. The highest BCUT2D eigenvalue weighted by atomic mass is 32.1. The summed E-state index contributed by atoms with van der Waals surface area (Å²) in [6.07, 6.45) is 0.258. The number of thiophene rings is 1. The van der Waals surface area contributed by atoms with Gasteiger partial charge in [0.2, 0.25) is 0 Å². The van der Waals surface area contributed by atoms with Crippen LogP contribution < -0.4 is 0 Å². The molecule has 0 atom stereocenters. The Morgan fingerprint density at radius 1 is 1.33 bits per heavy atom. The lowest BCUT2D eigenvalue weighted by Crippen LogP contribution is -2.01. The van der Waals surface area contributed by atoms with E-state index in [0.29, 0.717) is 11.1 Å². The number of halogens is 1. The Morgan fingerprint density at radius 2 is 2.20 bits per heavy atom. The van der Waals surface area contributed by atoms with E-state index in [2.05, 4.69) is 0 Å². The van der Waals surface area contributed by atoms with Gasteiger partial charge in [0.25, 0.3) is 0 Å². The predicted octanol–water partition coefficient (Wildman–Crippen LogP) is 3.31. The maximum atomic E-state index is 12.9. The predicted molar refractivity (Wildman–Crippen MR) is 58.8 cm³/mol. The average Bonchev–Trinajstić information content (AvgIpc) is 2.70. The minimum absolute atomic E-state index is 0.0295. The van der Waals surface area contributed by atoms with Crippen LogP contribution in [0.25, 0.3) is 0 Å². The highest BCUT2D eigenvalue weighted by Gasteiger charge is 2.07. The first-order chi connectivity index (χ1) is 7.25. The van der Waals surface area contributed by atoms with E-state index in [9.17, 15) is 9.18 Å². The Labute approximate surface area is 91.2 Å². The highest BCUT2D eigenvalue weighted by molar-refractivity contribution is 7.08. The Kier molecular flexibility index (Phi) is 2.92. The molecule has 0 spiro atoms. The summed E-state index contributed by atoms with van der Waals surface area (Å²) in [5.74, 6) is -0.271. The fraction of sp³-hybridized carbons (Fsp3) is 0.0833. The van der Waals surface area contributed by atoms with Crippen molar-refractivity contribution in [3.05, 3.63) is 58.0 Å². The van der Waals surface area contributed by atoms with Crippen LogP contribution in [-0.2, 0) is 6.42 Å². The second-order valence-electron chi connectivity index (χ2n) is 3.24. The summed E-state index contributed by atoms with van der Waals surface area (Å²) in [5, 5.41) is 3.67. The fourth-order valence-corrected chi connectivity index (χ4v) is 2.02. The van der Waals surface area contributed by atoms with Gasteiger partial charge in [0.15, 0.2) is 5.78 Å². The molecule has 1 heterocycles. The second-order valence-corrected chi connectivity index (χ2v) is 4.02. The zero-order valence-corrected chi connectivity index (χ0v) is 8.76. The van der Waals surface area contributed by atoms with Crippen LogP contribution >= 0.6 is 11.3 Å². The van der Waals surface area contributed by atoms with Crippen LogP contribution in [0.3, 0.4) is 0 Å². The van der Waals surface area contributed by atoms with Crippen LogP contribution in [0.15, 0.2) is 41.1 Å². The first-order valence-corrected chi connectivity index (χ1v) is 5.50. The van der Waals surface area contributed by atoms with Crippen LogP contribution in [0.1, 0.15) is 15.9 Å². The number of hydrogen-bond donors (Lipinski definition) is 0. The van der Waals surface area contributed by atoms with E-state index in [0.717, 1.165) is 0 Å². The molecule has 0 fully saturated rings. The molecule has 3 heteroatoms. The second kappa shape index (κ2) is 4.36. The number of hydrogen-bond acceptors (Lipinski definition) is 2. The molecule has 0 N–H and O–H groups in total. The van der Waals surface area contributed by atoms with Gasteiger partial charge < -0.3 is 0 Å². The first-order valence-electron chi connectivity index (χ1n) is 4.55. The van der Waals surface area contributed by atoms with Gasteiger partial charge in [0, 0.05) is 17.4 Å². The minimum atomic E-state index is -0.300.